The number of sulfonamides is 1. The van der Waals surface area contributed by atoms with Crippen molar-refractivity contribution in [1.82, 2.24) is 9.71 Å². The van der Waals surface area contributed by atoms with Crippen LogP contribution in [0.3, 0.4) is 0 Å². The quantitative estimate of drug-likeness (QED) is 0.918. The molecule has 21 heavy (non-hydrogen) atoms. The molecule has 1 aromatic carbocycles. The van der Waals surface area contributed by atoms with Gasteiger partial charge in [0, 0.05) is 24.4 Å². The Morgan fingerprint density at radius 1 is 1.24 bits per heavy atom. The number of halogens is 2. The first kappa shape index (κ1) is 15.3. The second-order valence-electron chi connectivity index (χ2n) is 4.24. The molecular formula is C13H12F2N2O3S. The second kappa shape index (κ2) is 6.15. The van der Waals surface area contributed by atoms with E-state index in [-0.39, 0.29) is 18.2 Å². The summed E-state index contributed by atoms with van der Waals surface area (Å²) < 4.78 is 55.8. The largest absolute Gasteiger partial charge is 0.439 e. The Labute approximate surface area is 120 Å². The predicted molar refractivity (Wildman–Crippen MR) is 72.4 cm³/mol. The number of rotatable bonds is 5. The Morgan fingerprint density at radius 3 is 2.67 bits per heavy atom. The lowest BCUT2D eigenvalue weighted by molar-refractivity contribution is 0.442. The van der Waals surface area contributed by atoms with Crippen LogP contribution in [0.1, 0.15) is 5.56 Å². The minimum absolute atomic E-state index is 0.0221. The third kappa shape index (κ3) is 4.47. The van der Waals surface area contributed by atoms with Gasteiger partial charge in [0.15, 0.2) is 11.6 Å². The van der Waals surface area contributed by atoms with Gasteiger partial charge in [-0.15, -0.1) is 0 Å². The monoisotopic (exact) mass is 314 g/mol. The van der Waals surface area contributed by atoms with Crippen molar-refractivity contribution >= 4 is 10.0 Å². The van der Waals surface area contributed by atoms with Crippen molar-refractivity contribution in [3.05, 3.63) is 53.7 Å². The van der Waals surface area contributed by atoms with Crippen LogP contribution in [-0.2, 0) is 16.6 Å². The number of ether oxygens (including phenoxy) is 1. The fourth-order valence-corrected chi connectivity index (χ4v) is 1.93. The van der Waals surface area contributed by atoms with E-state index in [1.165, 1.54) is 12.3 Å². The van der Waals surface area contributed by atoms with Crippen molar-refractivity contribution < 1.29 is 21.9 Å². The van der Waals surface area contributed by atoms with E-state index in [2.05, 4.69) is 9.71 Å². The summed E-state index contributed by atoms with van der Waals surface area (Å²) in [4.78, 5) is 3.95. The highest BCUT2D eigenvalue weighted by molar-refractivity contribution is 7.88. The number of hydrogen-bond donors (Lipinski definition) is 1. The summed E-state index contributed by atoms with van der Waals surface area (Å²) >= 11 is 0. The van der Waals surface area contributed by atoms with E-state index in [1.54, 1.807) is 12.1 Å². The molecule has 5 nitrogen and oxygen atoms in total. The van der Waals surface area contributed by atoms with Gasteiger partial charge in [0.1, 0.15) is 5.75 Å². The SMILES string of the molecule is CS(=O)(=O)NCc1cccnc1Oc1ccc(F)c(F)c1. The van der Waals surface area contributed by atoms with Crippen LogP contribution in [0, 0.1) is 11.6 Å². The van der Waals surface area contributed by atoms with Gasteiger partial charge in [-0.1, -0.05) is 6.07 Å². The van der Waals surface area contributed by atoms with E-state index < -0.39 is 21.7 Å². The van der Waals surface area contributed by atoms with Gasteiger partial charge in [0.25, 0.3) is 0 Å². The molecule has 1 N–H and O–H groups in total. The van der Waals surface area contributed by atoms with Gasteiger partial charge in [-0.05, 0) is 18.2 Å². The molecule has 0 bridgehead atoms. The molecule has 2 rings (SSSR count). The van der Waals surface area contributed by atoms with E-state index in [1.807, 2.05) is 0 Å². The van der Waals surface area contributed by atoms with Crippen LogP contribution < -0.4 is 9.46 Å². The predicted octanol–water partition coefficient (Wildman–Crippen LogP) is 2.20. The molecule has 0 spiro atoms. The van der Waals surface area contributed by atoms with Crippen molar-refractivity contribution in [2.75, 3.05) is 6.26 Å². The van der Waals surface area contributed by atoms with Crippen molar-refractivity contribution in [2.24, 2.45) is 0 Å². The smallest absolute Gasteiger partial charge is 0.223 e. The van der Waals surface area contributed by atoms with Gasteiger partial charge in [-0.2, -0.15) is 0 Å². The van der Waals surface area contributed by atoms with Gasteiger partial charge in [0.2, 0.25) is 15.9 Å². The maximum absolute atomic E-state index is 13.1. The van der Waals surface area contributed by atoms with Gasteiger partial charge < -0.3 is 4.74 Å². The lowest BCUT2D eigenvalue weighted by Crippen LogP contribution is -2.21. The number of aromatic nitrogens is 1. The number of hydrogen-bond acceptors (Lipinski definition) is 4. The van der Waals surface area contributed by atoms with Crippen LogP contribution in [0.25, 0.3) is 0 Å². The molecule has 0 saturated carbocycles. The van der Waals surface area contributed by atoms with Crippen molar-refractivity contribution in [3.63, 3.8) is 0 Å². The Kier molecular flexibility index (Phi) is 4.49. The lowest BCUT2D eigenvalue weighted by atomic mass is 10.2. The third-order valence-corrected chi connectivity index (χ3v) is 3.15. The molecule has 0 aliphatic heterocycles. The van der Waals surface area contributed by atoms with Crippen LogP contribution in [0.4, 0.5) is 8.78 Å². The van der Waals surface area contributed by atoms with Crippen LogP contribution in [0.15, 0.2) is 36.5 Å². The van der Waals surface area contributed by atoms with Crippen molar-refractivity contribution in [2.45, 2.75) is 6.54 Å². The molecule has 0 aliphatic rings. The lowest BCUT2D eigenvalue weighted by Gasteiger charge is -2.10. The first-order chi connectivity index (χ1) is 9.85. The number of pyridine rings is 1. The van der Waals surface area contributed by atoms with Gasteiger partial charge >= 0.3 is 0 Å². The molecule has 1 aromatic heterocycles. The fourth-order valence-electron chi connectivity index (χ4n) is 1.51. The number of nitrogens with zero attached hydrogens (tertiary/aromatic N) is 1. The Hall–Kier alpha value is -2.06. The summed E-state index contributed by atoms with van der Waals surface area (Å²) in [7, 11) is -3.37. The zero-order chi connectivity index (χ0) is 15.5. The average molecular weight is 314 g/mol. The average Bonchev–Trinajstić information content (AvgIpc) is 2.41. The van der Waals surface area contributed by atoms with Crippen LogP contribution in [-0.4, -0.2) is 19.7 Å². The van der Waals surface area contributed by atoms with E-state index in [4.69, 9.17) is 4.74 Å². The van der Waals surface area contributed by atoms with Crippen LogP contribution in [0.5, 0.6) is 11.6 Å². The van der Waals surface area contributed by atoms with E-state index >= 15 is 0 Å². The Bertz CT molecular complexity index is 751. The summed E-state index contributed by atoms with van der Waals surface area (Å²) in [5.74, 6) is -1.85. The van der Waals surface area contributed by atoms with Crippen LogP contribution >= 0.6 is 0 Å². The highest BCUT2D eigenvalue weighted by atomic mass is 32.2. The molecule has 0 atom stereocenters. The van der Waals surface area contributed by atoms with E-state index in [0.717, 1.165) is 18.4 Å². The molecule has 0 amide bonds. The molecule has 0 radical (unpaired) electrons. The summed E-state index contributed by atoms with van der Waals surface area (Å²) in [6.45, 7) is -0.0221. The summed E-state index contributed by atoms with van der Waals surface area (Å²) in [6.07, 6.45) is 2.47. The molecule has 1 heterocycles. The topological polar surface area (TPSA) is 68.3 Å². The first-order valence-electron chi connectivity index (χ1n) is 5.86. The standard InChI is InChI=1S/C13H12F2N2O3S/c1-21(18,19)17-8-9-3-2-6-16-13(9)20-10-4-5-11(14)12(15)7-10/h2-7,17H,8H2,1H3. The molecule has 0 saturated heterocycles. The summed E-state index contributed by atoms with van der Waals surface area (Å²) in [5.41, 5.74) is 0.465. The molecule has 8 heteroatoms. The zero-order valence-electron chi connectivity index (χ0n) is 11.0. The number of benzene rings is 1. The molecule has 0 fully saturated rings. The van der Waals surface area contributed by atoms with Gasteiger partial charge in [-0.25, -0.2) is 26.9 Å². The molecule has 0 aliphatic carbocycles. The second-order valence-corrected chi connectivity index (χ2v) is 6.07. The third-order valence-electron chi connectivity index (χ3n) is 2.48. The highest BCUT2D eigenvalue weighted by Gasteiger charge is 2.10. The molecule has 0 unspecified atom stereocenters. The minimum atomic E-state index is -3.37. The Morgan fingerprint density at radius 2 is 2.00 bits per heavy atom. The first-order valence-corrected chi connectivity index (χ1v) is 7.76. The minimum Gasteiger partial charge on any atom is -0.439 e. The maximum Gasteiger partial charge on any atom is 0.223 e. The normalized spacial score (nSPS) is 11.4. The van der Waals surface area contributed by atoms with E-state index in [9.17, 15) is 17.2 Å². The zero-order valence-corrected chi connectivity index (χ0v) is 11.8. The van der Waals surface area contributed by atoms with Crippen molar-refractivity contribution in [1.29, 1.82) is 0 Å². The number of nitrogens with one attached hydrogen (secondary N) is 1. The van der Waals surface area contributed by atoms with Crippen LogP contribution in [0.2, 0.25) is 0 Å². The molecule has 2 aromatic rings. The molecular weight excluding hydrogens is 302 g/mol. The Balaban J connectivity index is 2.21. The summed E-state index contributed by atoms with van der Waals surface area (Å²) in [5, 5.41) is 0. The summed E-state index contributed by atoms with van der Waals surface area (Å²) in [6, 6.07) is 6.29. The van der Waals surface area contributed by atoms with Crippen molar-refractivity contribution in [3.8, 4) is 11.6 Å². The highest BCUT2D eigenvalue weighted by Crippen LogP contribution is 2.24. The molecule has 112 valence electrons. The van der Waals surface area contributed by atoms with Gasteiger partial charge in [0.05, 0.1) is 6.26 Å². The van der Waals surface area contributed by atoms with Gasteiger partial charge in [-0.3, -0.25) is 0 Å². The fraction of sp³-hybridized carbons (Fsp3) is 0.154. The van der Waals surface area contributed by atoms with E-state index in [0.29, 0.717) is 5.56 Å². The maximum atomic E-state index is 13.1.